The van der Waals surface area contributed by atoms with Gasteiger partial charge in [-0.2, -0.15) is 0 Å². The predicted octanol–water partition coefficient (Wildman–Crippen LogP) is 5.50. The van der Waals surface area contributed by atoms with Gasteiger partial charge in [0.15, 0.2) is 0 Å². The molecule has 0 N–H and O–H groups in total. The number of rotatable bonds is 6. The van der Waals surface area contributed by atoms with Crippen LogP contribution in [-0.2, 0) is 46.9 Å². The summed E-state index contributed by atoms with van der Waals surface area (Å²) in [4.78, 5) is 28.1. The van der Waals surface area contributed by atoms with Crippen LogP contribution in [0, 0.1) is 30.6 Å². The van der Waals surface area contributed by atoms with Crippen LogP contribution in [-0.4, -0.2) is 25.0 Å². The summed E-state index contributed by atoms with van der Waals surface area (Å²) in [6.07, 6.45) is 3.73. The van der Waals surface area contributed by atoms with Crippen molar-refractivity contribution in [1.82, 2.24) is 14.9 Å². The van der Waals surface area contributed by atoms with Crippen LogP contribution in [0.4, 0.5) is 0 Å². The summed E-state index contributed by atoms with van der Waals surface area (Å²) < 4.78 is 0. The molecule has 3 aromatic carbocycles. The van der Waals surface area contributed by atoms with Gasteiger partial charge in [-0.3, -0.25) is 14.9 Å². The standard InChI is InChI=1S/C27H23N3.Cd.2NO3/c1-3-13-25-21(9-1)17-22-10-2-4-14-26(22)27(25)20-30(18-23-11-5-7-15-28-23)19-24-12-6-8-16-29-24;;2*2-1(3)4/h1-17H,18-20H2;;;/q;+2;2*-1. The molecule has 0 aliphatic heterocycles. The van der Waals surface area contributed by atoms with Crippen molar-refractivity contribution < 1.29 is 37.5 Å². The average molecular weight is 626 g/mol. The Labute approximate surface area is 243 Å². The number of fused-ring (bicyclic) bond motifs is 2. The van der Waals surface area contributed by atoms with Gasteiger partial charge in [-0.05, 0) is 57.4 Å². The largest absolute Gasteiger partial charge is 2.00 e. The molecular formula is C27H23CdN5O6. The Bertz CT molecular complexity index is 1380. The molecule has 0 saturated carbocycles. The Morgan fingerprint density at radius 1 is 0.590 bits per heavy atom. The summed E-state index contributed by atoms with van der Waals surface area (Å²) in [5.41, 5.74) is 3.49. The summed E-state index contributed by atoms with van der Waals surface area (Å²) in [5.74, 6) is 0. The summed E-state index contributed by atoms with van der Waals surface area (Å²) in [7, 11) is 0. The number of hydrogen-bond donors (Lipinski definition) is 0. The van der Waals surface area contributed by atoms with E-state index in [0.29, 0.717) is 0 Å². The van der Waals surface area contributed by atoms with E-state index in [0.717, 1.165) is 31.0 Å². The van der Waals surface area contributed by atoms with Crippen molar-refractivity contribution in [2.45, 2.75) is 19.6 Å². The number of benzene rings is 3. The molecule has 194 valence electrons. The maximum absolute atomic E-state index is 8.25. The van der Waals surface area contributed by atoms with Gasteiger partial charge in [0.25, 0.3) is 0 Å². The van der Waals surface area contributed by atoms with Crippen LogP contribution < -0.4 is 0 Å². The van der Waals surface area contributed by atoms with Crippen LogP contribution in [0.2, 0.25) is 0 Å². The molecule has 0 amide bonds. The van der Waals surface area contributed by atoms with Crippen molar-refractivity contribution in [2.75, 3.05) is 0 Å². The van der Waals surface area contributed by atoms with E-state index in [-0.39, 0.29) is 27.3 Å². The fourth-order valence-electron chi connectivity index (χ4n) is 4.11. The van der Waals surface area contributed by atoms with Crippen molar-refractivity contribution in [3.63, 3.8) is 0 Å². The molecule has 12 heteroatoms. The molecule has 2 heterocycles. The molecule has 0 aliphatic rings. The maximum Gasteiger partial charge on any atom is 2.00 e. The fraction of sp³-hybridized carbons (Fsp3) is 0.111. The molecule has 0 fully saturated rings. The van der Waals surface area contributed by atoms with Gasteiger partial charge in [0.1, 0.15) is 0 Å². The zero-order valence-electron chi connectivity index (χ0n) is 20.8. The van der Waals surface area contributed by atoms with E-state index in [4.69, 9.17) is 30.6 Å². The normalized spacial score (nSPS) is 9.97. The molecule has 5 aromatic rings. The third-order valence-electron chi connectivity index (χ3n) is 5.49. The summed E-state index contributed by atoms with van der Waals surface area (Å²) in [6.45, 7) is 2.37. The Morgan fingerprint density at radius 3 is 1.36 bits per heavy atom. The molecule has 39 heavy (non-hydrogen) atoms. The number of nitrogens with zero attached hydrogens (tertiary/aromatic N) is 5. The minimum Gasteiger partial charge on any atom is -0.356 e. The first-order valence-electron chi connectivity index (χ1n) is 11.4. The van der Waals surface area contributed by atoms with Crippen LogP contribution >= 0.6 is 0 Å². The van der Waals surface area contributed by atoms with Crippen LogP contribution in [0.15, 0.2) is 103 Å². The first-order chi connectivity index (χ1) is 18.3. The van der Waals surface area contributed by atoms with Gasteiger partial charge in [-0.25, -0.2) is 0 Å². The van der Waals surface area contributed by atoms with E-state index in [9.17, 15) is 0 Å². The molecular weight excluding hydrogens is 603 g/mol. The smallest absolute Gasteiger partial charge is 0.356 e. The minimum atomic E-state index is -1.75. The van der Waals surface area contributed by atoms with Gasteiger partial charge in [-0.1, -0.05) is 60.7 Å². The number of aromatic nitrogens is 2. The van der Waals surface area contributed by atoms with E-state index in [1.807, 2.05) is 24.5 Å². The second-order valence-electron chi connectivity index (χ2n) is 8.03. The second kappa shape index (κ2) is 15.9. The molecule has 0 atom stereocenters. The maximum atomic E-state index is 8.25. The van der Waals surface area contributed by atoms with E-state index in [1.54, 1.807) is 0 Å². The first kappa shape index (κ1) is 31.0. The summed E-state index contributed by atoms with van der Waals surface area (Å²) in [6, 6.07) is 31.8. The van der Waals surface area contributed by atoms with Crippen LogP contribution in [0.25, 0.3) is 21.5 Å². The SMILES string of the molecule is O=[N+]([O-])[O-].O=[N+]([O-])[O-].[Cd+2].c1ccc(CN(Cc2ccccn2)Cc2c3ccccc3cc3ccccc23)nc1. The third kappa shape index (κ3) is 10.2. The number of pyridine rings is 2. The molecule has 5 rings (SSSR count). The van der Waals surface area contributed by atoms with Gasteiger partial charge in [0.2, 0.25) is 0 Å². The van der Waals surface area contributed by atoms with Gasteiger partial charge in [0.05, 0.1) is 21.6 Å². The zero-order valence-corrected chi connectivity index (χ0v) is 24.9. The van der Waals surface area contributed by atoms with Gasteiger partial charge in [0, 0.05) is 32.0 Å². The molecule has 0 saturated heterocycles. The Hall–Kier alpha value is -4.24. The molecule has 0 spiro atoms. The van der Waals surface area contributed by atoms with E-state index < -0.39 is 10.2 Å². The van der Waals surface area contributed by atoms with Crippen molar-refractivity contribution in [3.8, 4) is 0 Å². The Balaban J connectivity index is 0.000000527. The first-order valence-corrected chi connectivity index (χ1v) is 11.4. The monoisotopic (exact) mass is 627 g/mol. The number of hydrogen-bond acceptors (Lipinski definition) is 9. The van der Waals surface area contributed by atoms with Gasteiger partial charge in [-0.15, -0.1) is 0 Å². The summed E-state index contributed by atoms with van der Waals surface area (Å²) >= 11 is 0. The Morgan fingerprint density at radius 2 is 0.974 bits per heavy atom. The molecule has 11 nitrogen and oxygen atoms in total. The summed E-state index contributed by atoms with van der Waals surface area (Å²) in [5, 5.41) is 34.7. The predicted molar refractivity (Wildman–Crippen MR) is 144 cm³/mol. The van der Waals surface area contributed by atoms with E-state index in [2.05, 4.69) is 93.7 Å². The third-order valence-corrected chi connectivity index (χ3v) is 5.49. The van der Waals surface area contributed by atoms with Gasteiger partial charge < -0.3 is 30.6 Å². The Kier molecular flexibility index (Phi) is 12.6. The second-order valence-corrected chi connectivity index (χ2v) is 8.03. The quantitative estimate of drug-likeness (QED) is 0.103. The van der Waals surface area contributed by atoms with Crippen molar-refractivity contribution in [1.29, 1.82) is 0 Å². The van der Waals surface area contributed by atoms with Crippen molar-refractivity contribution in [3.05, 3.63) is 151 Å². The van der Waals surface area contributed by atoms with Crippen molar-refractivity contribution >= 4 is 21.5 Å². The van der Waals surface area contributed by atoms with Crippen LogP contribution in [0.3, 0.4) is 0 Å². The topological polar surface area (TPSA) is 161 Å². The van der Waals surface area contributed by atoms with Crippen LogP contribution in [0.1, 0.15) is 17.0 Å². The average Bonchev–Trinajstić information content (AvgIpc) is 2.89. The molecule has 0 radical (unpaired) electrons. The molecule has 0 bridgehead atoms. The molecule has 0 unspecified atom stereocenters. The molecule has 2 aromatic heterocycles. The van der Waals surface area contributed by atoms with Gasteiger partial charge >= 0.3 is 27.3 Å². The van der Waals surface area contributed by atoms with Crippen molar-refractivity contribution in [2.24, 2.45) is 0 Å². The molecule has 0 aliphatic carbocycles. The van der Waals surface area contributed by atoms with E-state index in [1.165, 1.54) is 27.1 Å². The minimum absolute atomic E-state index is 0. The van der Waals surface area contributed by atoms with Crippen LogP contribution in [0.5, 0.6) is 0 Å². The zero-order chi connectivity index (χ0) is 27.3. The fourth-order valence-corrected chi connectivity index (χ4v) is 4.11. The van der Waals surface area contributed by atoms with E-state index >= 15 is 0 Å².